The van der Waals surface area contributed by atoms with Gasteiger partial charge in [-0.2, -0.15) is 0 Å². The first-order chi connectivity index (χ1) is 7.24. The van der Waals surface area contributed by atoms with Crippen molar-refractivity contribution in [1.82, 2.24) is 5.32 Å². The highest BCUT2D eigenvalue weighted by Crippen LogP contribution is 2.19. The van der Waals surface area contributed by atoms with Crippen molar-refractivity contribution in [2.45, 2.75) is 25.4 Å². The van der Waals surface area contributed by atoms with Crippen LogP contribution < -0.4 is 5.32 Å². The Morgan fingerprint density at radius 2 is 2.27 bits per heavy atom. The molecule has 0 radical (unpaired) electrons. The van der Waals surface area contributed by atoms with Gasteiger partial charge >= 0.3 is 0 Å². The van der Waals surface area contributed by atoms with Gasteiger partial charge in [-0.3, -0.25) is 4.21 Å². The van der Waals surface area contributed by atoms with Crippen LogP contribution in [0.5, 0.6) is 0 Å². The van der Waals surface area contributed by atoms with Crippen LogP contribution in [-0.4, -0.2) is 21.8 Å². The van der Waals surface area contributed by atoms with E-state index < -0.39 is 10.8 Å². The fourth-order valence-electron chi connectivity index (χ4n) is 1.69. The van der Waals surface area contributed by atoms with Gasteiger partial charge in [-0.05, 0) is 18.9 Å². The number of thiophene rings is 1. The van der Waals surface area contributed by atoms with Crippen molar-refractivity contribution in [3.05, 3.63) is 21.3 Å². The topological polar surface area (TPSA) is 29.1 Å². The van der Waals surface area contributed by atoms with E-state index in [4.69, 9.17) is 11.6 Å². The molecule has 0 amide bonds. The second-order valence-electron chi connectivity index (χ2n) is 3.73. The van der Waals surface area contributed by atoms with Crippen LogP contribution in [0.1, 0.15) is 17.7 Å². The summed E-state index contributed by atoms with van der Waals surface area (Å²) < 4.78 is 11.2. The molecule has 1 saturated heterocycles. The molecule has 84 valence electrons. The smallest absolute Gasteiger partial charge is 0.0516 e. The van der Waals surface area contributed by atoms with E-state index in [0.717, 1.165) is 35.9 Å². The first-order valence-corrected chi connectivity index (χ1v) is 7.80. The zero-order chi connectivity index (χ0) is 10.7. The highest BCUT2D eigenvalue weighted by Gasteiger charge is 2.17. The van der Waals surface area contributed by atoms with E-state index in [1.165, 1.54) is 4.88 Å². The minimum absolute atomic E-state index is 0.531. The quantitative estimate of drug-likeness (QED) is 0.907. The molecule has 2 heterocycles. The molecule has 1 N–H and O–H groups in total. The Kier molecular flexibility index (Phi) is 4.20. The van der Waals surface area contributed by atoms with Gasteiger partial charge in [0.05, 0.1) is 5.02 Å². The molecular formula is C10H14ClNOS2. The zero-order valence-electron chi connectivity index (χ0n) is 8.37. The predicted molar refractivity (Wildman–Crippen MR) is 67.1 cm³/mol. The van der Waals surface area contributed by atoms with Crippen molar-refractivity contribution in [2.24, 2.45) is 0 Å². The molecule has 1 aliphatic heterocycles. The molecule has 2 rings (SSSR count). The van der Waals surface area contributed by atoms with E-state index in [-0.39, 0.29) is 0 Å². The summed E-state index contributed by atoms with van der Waals surface area (Å²) in [7, 11) is -0.563. The van der Waals surface area contributed by atoms with Gasteiger partial charge < -0.3 is 5.32 Å². The van der Waals surface area contributed by atoms with Crippen molar-refractivity contribution in [3.63, 3.8) is 0 Å². The van der Waals surface area contributed by atoms with Crippen LogP contribution in [0, 0.1) is 0 Å². The third-order valence-electron chi connectivity index (χ3n) is 2.57. The maximum atomic E-state index is 11.2. The third kappa shape index (κ3) is 3.55. The Bertz CT molecular complexity index is 343. The Hall–Kier alpha value is 0.1000. The summed E-state index contributed by atoms with van der Waals surface area (Å²) >= 11 is 7.53. The number of hydrogen-bond donors (Lipinski definition) is 1. The van der Waals surface area contributed by atoms with E-state index >= 15 is 0 Å². The number of hydrogen-bond acceptors (Lipinski definition) is 3. The summed E-state index contributed by atoms with van der Waals surface area (Å²) in [5, 5.41) is 6.26. The average Bonchev–Trinajstić information content (AvgIpc) is 2.64. The molecule has 1 aliphatic rings. The highest BCUT2D eigenvalue weighted by atomic mass is 35.5. The van der Waals surface area contributed by atoms with Gasteiger partial charge in [0.2, 0.25) is 0 Å². The summed E-state index contributed by atoms with van der Waals surface area (Å²) in [5.41, 5.74) is 0. The summed E-state index contributed by atoms with van der Waals surface area (Å²) in [4.78, 5) is 1.27. The minimum Gasteiger partial charge on any atom is -0.309 e. The second kappa shape index (κ2) is 5.43. The lowest BCUT2D eigenvalue weighted by atomic mass is 10.1. The average molecular weight is 264 g/mol. The monoisotopic (exact) mass is 263 g/mol. The molecule has 1 aromatic rings. The molecule has 0 unspecified atom stereocenters. The van der Waals surface area contributed by atoms with Crippen LogP contribution in [-0.2, 0) is 17.3 Å². The van der Waals surface area contributed by atoms with E-state index in [0.29, 0.717) is 6.04 Å². The molecule has 2 nitrogen and oxygen atoms in total. The number of nitrogens with one attached hydrogen (secondary N) is 1. The van der Waals surface area contributed by atoms with Crippen LogP contribution in [0.4, 0.5) is 0 Å². The van der Waals surface area contributed by atoms with Gasteiger partial charge in [0.1, 0.15) is 0 Å². The van der Waals surface area contributed by atoms with E-state index in [9.17, 15) is 4.21 Å². The number of rotatable bonds is 3. The normalized spacial score (nSPS) is 26.7. The molecular weight excluding hydrogens is 250 g/mol. The molecule has 0 atom stereocenters. The second-order valence-corrected chi connectivity index (χ2v) is 6.86. The van der Waals surface area contributed by atoms with E-state index in [1.807, 2.05) is 11.4 Å². The van der Waals surface area contributed by atoms with Crippen LogP contribution >= 0.6 is 22.9 Å². The largest absolute Gasteiger partial charge is 0.309 e. The molecule has 1 fully saturated rings. The van der Waals surface area contributed by atoms with Crippen LogP contribution in [0.3, 0.4) is 0 Å². The lowest BCUT2D eigenvalue weighted by Crippen LogP contribution is -2.35. The van der Waals surface area contributed by atoms with Gasteiger partial charge in [-0.15, -0.1) is 11.3 Å². The molecule has 0 saturated carbocycles. The van der Waals surface area contributed by atoms with Crippen molar-refractivity contribution in [2.75, 3.05) is 11.5 Å². The van der Waals surface area contributed by atoms with Crippen molar-refractivity contribution in [3.8, 4) is 0 Å². The Labute approximate surface area is 101 Å². The zero-order valence-corrected chi connectivity index (χ0v) is 10.8. The SMILES string of the molecule is O=S1CCC(NCc2cc(Cl)cs2)CC1. The van der Waals surface area contributed by atoms with Crippen molar-refractivity contribution >= 4 is 33.7 Å². The first kappa shape index (κ1) is 11.6. The molecule has 0 bridgehead atoms. The van der Waals surface area contributed by atoms with Gasteiger partial charge in [0.15, 0.2) is 0 Å². The maximum Gasteiger partial charge on any atom is 0.0516 e. The van der Waals surface area contributed by atoms with Gasteiger partial charge in [-0.25, -0.2) is 0 Å². The predicted octanol–water partition coefficient (Wildman–Crippen LogP) is 2.40. The van der Waals surface area contributed by atoms with Gasteiger partial charge in [0.25, 0.3) is 0 Å². The third-order valence-corrected chi connectivity index (χ3v) is 5.24. The summed E-state index contributed by atoms with van der Waals surface area (Å²) in [5.74, 6) is 1.70. The lowest BCUT2D eigenvalue weighted by molar-refractivity contribution is 0.477. The molecule has 5 heteroatoms. The molecule has 0 aromatic carbocycles. The van der Waals surface area contributed by atoms with Crippen LogP contribution in [0.25, 0.3) is 0 Å². The minimum atomic E-state index is -0.563. The van der Waals surface area contributed by atoms with Crippen LogP contribution in [0.15, 0.2) is 11.4 Å². The highest BCUT2D eigenvalue weighted by molar-refractivity contribution is 7.85. The molecule has 1 aromatic heterocycles. The fourth-order valence-corrected chi connectivity index (χ4v) is 4.01. The molecule has 0 spiro atoms. The summed E-state index contributed by atoms with van der Waals surface area (Å²) in [6.45, 7) is 0.884. The Morgan fingerprint density at radius 3 is 2.87 bits per heavy atom. The summed E-state index contributed by atoms with van der Waals surface area (Å²) in [6, 6.07) is 2.53. The van der Waals surface area contributed by atoms with E-state index in [2.05, 4.69) is 5.32 Å². The molecule has 0 aliphatic carbocycles. The van der Waals surface area contributed by atoms with Crippen molar-refractivity contribution < 1.29 is 4.21 Å². The molecule has 15 heavy (non-hydrogen) atoms. The fraction of sp³-hybridized carbons (Fsp3) is 0.600. The Morgan fingerprint density at radius 1 is 1.53 bits per heavy atom. The standard InChI is InChI=1S/C10H14ClNOS2/c11-8-5-10(14-7-8)6-12-9-1-3-15(13)4-2-9/h5,7,9,12H,1-4,6H2. The van der Waals surface area contributed by atoms with Gasteiger partial charge in [0, 0.05) is 45.1 Å². The Balaban J connectivity index is 1.76. The first-order valence-electron chi connectivity index (χ1n) is 5.05. The lowest BCUT2D eigenvalue weighted by Gasteiger charge is -2.22. The van der Waals surface area contributed by atoms with E-state index in [1.54, 1.807) is 11.3 Å². The summed E-state index contributed by atoms with van der Waals surface area (Å²) in [6.07, 6.45) is 2.07. The van der Waals surface area contributed by atoms with Gasteiger partial charge in [-0.1, -0.05) is 11.6 Å². The number of halogens is 1. The maximum absolute atomic E-state index is 11.2. The van der Waals surface area contributed by atoms with Crippen molar-refractivity contribution in [1.29, 1.82) is 0 Å². The van der Waals surface area contributed by atoms with Crippen LogP contribution in [0.2, 0.25) is 5.02 Å².